The minimum atomic E-state index is 0.103. The summed E-state index contributed by atoms with van der Waals surface area (Å²) in [4.78, 5) is 16.3. The van der Waals surface area contributed by atoms with E-state index in [9.17, 15) is 4.79 Å². The van der Waals surface area contributed by atoms with E-state index in [1.54, 1.807) is 0 Å². The molecule has 0 spiro atoms. The van der Waals surface area contributed by atoms with Gasteiger partial charge in [0.2, 0.25) is 5.91 Å². The monoisotopic (exact) mass is 226 g/mol. The van der Waals surface area contributed by atoms with Gasteiger partial charge in [-0.05, 0) is 32.2 Å². The molecule has 0 aromatic heterocycles. The molecule has 3 heteroatoms. The summed E-state index contributed by atoms with van der Waals surface area (Å²) in [7, 11) is 3.98. The first kappa shape index (κ1) is 13.5. The third-order valence-electron chi connectivity index (χ3n) is 4.10. The predicted octanol–water partition coefficient (Wildman–Crippen LogP) is 1.83. The number of carbonyl (C=O) groups is 1. The molecule has 1 saturated heterocycles. The van der Waals surface area contributed by atoms with E-state index in [4.69, 9.17) is 0 Å². The molecule has 0 N–H and O–H groups in total. The summed E-state index contributed by atoms with van der Waals surface area (Å²) < 4.78 is 0. The maximum atomic E-state index is 12.2. The van der Waals surface area contributed by atoms with Crippen LogP contribution in [0.3, 0.4) is 0 Å². The minimum Gasteiger partial charge on any atom is -0.345 e. The van der Waals surface area contributed by atoms with Crippen molar-refractivity contribution in [1.82, 2.24) is 9.80 Å². The summed E-state index contributed by atoms with van der Waals surface area (Å²) >= 11 is 0. The molecule has 0 aliphatic carbocycles. The zero-order valence-corrected chi connectivity index (χ0v) is 11.4. The zero-order chi connectivity index (χ0) is 12.3. The largest absolute Gasteiger partial charge is 0.345 e. The summed E-state index contributed by atoms with van der Waals surface area (Å²) in [6, 6.07) is 0.103. The number of carbonyl (C=O) groups excluding carboxylic acids is 1. The van der Waals surface area contributed by atoms with Gasteiger partial charge in [-0.15, -0.1) is 0 Å². The Hall–Kier alpha value is -0.570. The van der Waals surface area contributed by atoms with E-state index in [1.165, 1.54) is 6.42 Å². The zero-order valence-electron chi connectivity index (χ0n) is 11.4. The lowest BCUT2D eigenvalue weighted by Gasteiger charge is -2.41. The van der Waals surface area contributed by atoms with E-state index >= 15 is 0 Å². The quantitative estimate of drug-likeness (QED) is 0.733. The second kappa shape index (κ2) is 5.67. The van der Waals surface area contributed by atoms with Gasteiger partial charge in [-0.3, -0.25) is 9.69 Å². The van der Waals surface area contributed by atoms with Crippen molar-refractivity contribution in [3.63, 3.8) is 0 Å². The van der Waals surface area contributed by atoms with Crippen LogP contribution in [0.2, 0.25) is 0 Å². The van der Waals surface area contributed by atoms with Gasteiger partial charge in [0.25, 0.3) is 0 Å². The number of rotatable bonds is 3. The molecule has 1 heterocycles. The standard InChI is InChI=1S/C13H26N2O/c1-6-11-8-12(13(16)14(4)7-2)15(5)9-10(11)3/h10-12H,6-9H2,1-5H3. The first-order chi connectivity index (χ1) is 7.51. The Kier molecular flexibility index (Phi) is 4.78. The number of hydrogen-bond donors (Lipinski definition) is 0. The van der Waals surface area contributed by atoms with E-state index in [0.29, 0.717) is 11.8 Å². The molecule has 1 rings (SSSR count). The molecule has 3 nitrogen and oxygen atoms in total. The van der Waals surface area contributed by atoms with Crippen LogP contribution in [0.15, 0.2) is 0 Å². The fourth-order valence-corrected chi connectivity index (χ4v) is 2.70. The highest BCUT2D eigenvalue weighted by Gasteiger charge is 2.35. The Morgan fingerprint density at radius 3 is 2.56 bits per heavy atom. The maximum Gasteiger partial charge on any atom is 0.239 e. The van der Waals surface area contributed by atoms with Gasteiger partial charge in [0.15, 0.2) is 0 Å². The van der Waals surface area contributed by atoms with Gasteiger partial charge in [-0.2, -0.15) is 0 Å². The van der Waals surface area contributed by atoms with Crippen LogP contribution in [-0.2, 0) is 4.79 Å². The lowest BCUT2D eigenvalue weighted by atomic mass is 9.81. The van der Waals surface area contributed by atoms with Crippen LogP contribution in [0.1, 0.15) is 33.6 Å². The number of piperidine rings is 1. The Morgan fingerprint density at radius 1 is 1.44 bits per heavy atom. The van der Waals surface area contributed by atoms with Gasteiger partial charge in [0, 0.05) is 20.1 Å². The fourth-order valence-electron chi connectivity index (χ4n) is 2.70. The molecule has 1 fully saturated rings. The molecule has 1 aliphatic rings. The van der Waals surface area contributed by atoms with Gasteiger partial charge >= 0.3 is 0 Å². The Labute approximate surface area is 99.8 Å². The summed E-state index contributed by atoms with van der Waals surface area (Å²) in [5.74, 6) is 1.71. The molecular formula is C13H26N2O. The van der Waals surface area contributed by atoms with E-state index in [1.807, 2.05) is 18.9 Å². The van der Waals surface area contributed by atoms with Crippen LogP contribution in [0.4, 0.5) is 0 Å². The first-order valence-corrected chi connectivity index (χ1v) is 6.46. The molecule has 0 saturated carbocycles. The highest BCUT2D eigenvalue weighted by Crippen LogP contribution is 2.29. The number of likely N-dealkylation sites (N-methyl/N-ethyl adjacent to an activating group) is 2. The molecule has 0 bridgehead atoms. The Bertz CT molecular complexity index is 242. The SMILES string of the molecule is CCC1CC(C(=O)N(C)CC)N(C)CC1C. The van der Waals surface area contributed by atoms with E-state index in [2.05, 4.69) is 25.8 Å². The van der Waals surface area contributed by atoms with Crippen LogP contribution in [0, 0.1) is 11.8 Å². The summed E-state index contributed by atoms with van der Waals surface area (Å²) in [6.07, 6.45) is 2.21. The predicted molar refractivity (Wildman–Crippen MR) is 67.3 cm³/mol. The topological polar surface area (TPSA) is 23.6 Å². The van der Waals surface area contributed by atoms with Gasteiger partial charge in [-0.1, -0.05) is 20.3 Å². The van der Waals surface area contributed by atoms with Crippen molar-refractivity contribution >= 4 is 5.91 Å². The third kappa shape index (κ3) is 2.76. The average molecular weight is 226 g/mol. The molecule has 1 amide bonds. The molecule has 1 aliphatic heterocycles. The molecule has 0 radical (unpaired) electrons. The van der Waals surface area contributed by atoms with Crippen LogP contribution >= 0.6 is 0 Å². The van der Waals surface area contributed by atoms with Crippen molar-refractivity contribution < 1.29 is 4.79 Å². The van der Waals surface area contributed by atoms with E-state index in [0.717, 1.165) is 19.5 Å². The minimum absolute atomic E-state index is 0.103. The lowest BCUT2D eigenvalue weighted by molar-refractivity contribution is -0.137. The molecule has 0 aromatic carbocycles. The summed E-state index contributed by atoms with van der Waals surface area (Å²) in [5, 5.41) is 0. The molecule has 3 unspecified atom stereocenters. The van der Waals surface area contributed by atoms with Gasteiger partial charge < -0.3 is 4.90 Å². The number of nitrogens with zero attached hydrogens (tertiary/aromatic N) is 2. The van der Waals surface area contributed by atoms with Crippen LogP contribution in [-0.4, -0.2) is 48.9 Å². The lowest BCUT2D eigenvalue weighted by Crippen LogP contribution is -2.52. The Morgan fingerprint density at radius 2 is 2.06 bits per heavy atom. The molecule has 3 atom stereocenters. The van der Waals surface area contributed by atoms with Gasteiger partial charge in [0.1, 0.15) is 0 Å². The van der Waals surface area contributed by atoms with Crippen LogP contribution in [0.5, 0.6) is 0 Å². The van der Waals surface area contributed by atoms with Gasteiger partial charge in [0.05, 0.1) is 6.04 Å². The number of hydrogen-bond acceptors (Lipinski definition) is 2. The smallest absolute Gasteiger partial charge is 0.239 e. The molecule has 94 valence electrons. The second-order valence-corrected chi connectivity index (χ2v) is 5.19. The second-order valence-electron chi connectivity index (χ2n) is 5.19. The Balaban J connectivity index is 2.69. The summed E-state index contributed by atoms with van der Waals surface area (Å²) in [6.45, 7) is 8.41. The highest BCUT2D eigenvalue weighted by molar-refractivity contribution is 5.81. The maximum absolute atomic E-state index is 12.2. The number of amides is 1. The average Bonchev–Trinajstić information content (AvgIpc) is 2.27. The number of likely N-dealkylation sites (tertiary alicyclic amines) is 1. The first-order valence-electron chi connectivity index (χ1n) is 6.46. The van der Waals surface area contributed by atoms with E-state index in [-0.39, 0.29) is 11.9 Å². The normalized spacial score (nSPS) is 31.4. The fraction of sp³-hybridized carbons (Fsp3) is 0.923. The molecular weight excluding hydrogens is 200 g/mol. The van der Waals surface area contributed by atoms with Crippen molar-refractivity contribution in [3.8, 4) is 0 Å². The molecule has 16 heavy (non-hydrogen) atoms. The van der Waals surface area contributed by atoms with Gasteiger partial charge in [-0.25, -0.2) is 0 Å². The van der Waals surface area contributed by atoms with Crippen molar-refractivity contribution in [2.75, 3.05) is 27.2 Å². The third-order valence-corrected chi connectivity index (χ3v) is 4.10. The highest BCUT2D eigenvalue weighted by atomic mass is 16.2. The van der Waals surface area contributed by atoms with Crippen molar-refractivity contribution in [2.24, 2.45) is 11.8 Å². The van der Waals surface area contributed by atoms with Crippen molar-refractivity contribution in [3.05, 3.63) is 0 Å². The van der Waals surface area contributed by atoms with Crippen LogP contribution in [0.25, 0.3) is 0 Å². The van der Waals surface area contributed by atoms with Crippen LogP contribution < -0.4 is 0 Å². The molecule has 0 aromatic rings. The van der Waals surface area contributed by atoms with E-state index < -0.39 is 0 Å². The van der Waals surface area contributed by atoms with Crippen molar-refractivity contribution in [2.45, 2.75) is 39.7 Å². The summed E-state index contributed by atoms with van der Waals surface area (Å²) in [5.41, 5.74) is 0. The van der Waals surface area contributed by atoms with Crippen molar-refractivity contribution in [1.29, 1.82) is 0 Å².